The van der Waals surface area contributed by atoms with Gasteiger partial charge in [0.05, 0.1) is 12.7 Å². The largest absolute Gasteiger partial charge is 0.497 e. The van der Waals surface area contributed by atoms with E-state index in [2.05, 4.69) is 10.2 Å². The molecule has 3 aromatic rings. The van der Waals surface area contributed by atoms with Crippen molar-refractivity contribution in [2.75, 3.05) is 33.3 Å². The van der Waals surface area contributed by atoms with Crippen molar-refractivity contribution in [3.63, 3.8) is 0 Å². The van der Waals surface area contributed by atoms with Crippen LogP contribution in [0.15, 0.2) is 48.5 Å². The molecule has 0 radical (unpaired) electrons. The fourth-order valence-electron chi connectivity index (χ4n) is 4.31. The number of carboxylic acids is 1. The molecule has 2 heterocycles. The second-order valence-corrected chi connectivity index (χ2v) is 9.58. The van der Waals surface area contributed by atoms with Crippen LogP contribution in [-0.4, -0.2) is 55.5 Å². The molecule has 190 valence electrons. The van der Waals surface area contributed by atoms with Gasteiger partial charge in [-0.1, -0.05) is 18.2 Å². The second kappa shape index (κ2) is 11.4. The maximum absolute atomic E-state index is 12.9. The summed E-state index contributed by atoms with van der Waals surface area (Å²) < 4.78 is 15.6. The highest BCUT2D eigenvalue weighted by atomic mass is 32.1. The third-order valence-electron chi connectivity index (χ3n) is 6.12. The molecule has 1 atom stereocenters. The van der Waals surface area contributed by atoms with E-state index in [0.29, 0.717) is 42.4 Å². The van der Waals surface area contributed by atoms with E-state index in [1.54, 1.807) is 31.4 Å². The molecular weight excluding hydrogens is 482 g/mol. The van der Waals surface area contributed by atoms with E-state index < -0.39 is 5.97 Å². The lowest BCUT2D eigenvalue weighted by atomic mass is 9.95. The molecule has 1 aliphatic heterocycles. The zero-order valence-corrected chi connectivity index (χ0v) is 21.0. The first-order valence-electron chi connectivity index (χ1n) is 11.4. The second-order valence-electron chi connectivity index (χ2n) is 8.45. The molecule has 0 saturated heterocycles. The Labute approximate surface area is 213 Å². The van der Waals surface area contributed by atoms with E-state index in [4.69, 9.17) is 19.9 Å². The van der Waals surface area contributed by atoms with Gasteiger partial charge in [-0.25, -0.2) is 4.79 Å². The molecule has 2 aromatic carbocycles. The Morgan fingerprint density at radius 2 is 1.94 bits per heavy atom. The van der Waals surface area contributed by atoms with Gasteiger partial charge in [-0.05, 0) is 47.9 Å². The molecule has 0 spiro atoms. The van der Waals surface area contributed by atoms with E-state index in [9.17, 15) is 14.7 Å². The van der Waals surface area contributed by atoms with Gasteiger partial charge in [-0.3, -0.25) is 9.69 Å². The minimum Gasteiger partial charge on any atom is -0.497 e. The number of carbonyl (C=O) groups excluding carboxylic acids is 1. The van der Waals surface area contributed by atoms with Crippen molar-refractivity contribution >= 4 is 28.2 Å². The number of nitrogens with two attached hydrogens (primary N) is 1. The fourth-order valence-corrected chi connectivity index (χ4v) is 5.43. The van der Waals surface area contributed by atoms with Gasteiger partial charge in [-0.15, -0.1) is 11.3 Å². The topological polar surface area (TPSA) is 123 Å². The van der Waals surface area contributed by atoms with E-state index in [1.807, 2.05) is 24.3 Å². The van der Waals surface area contributed by atoms with Crippen LogP contribution in [0.1, 0.15) is 36.7 Å². The molecule has 1 unspecified atom stereocenters. The molecule has 0 fully saturated rings. The van der Waals surface area contributed by atoms with E-state index in [1.165, 1.54) is 18.4 Å². The Morgan fingerprint density at radius 1 is 1.17 bits per heavy atom. The summed E-state index contributed by atoms with van der Waals surface area (Å²) in [5.41, 5.74) is 8.54. The van der Waals surface area contributed by atoms with Crippen molar-refractivity contribution in [1.29, 1.82) is 0 Å². The van der Waals surface area contributed by atoms with Gasteiger partial charge >= 0.3 is 5.97 Å². The summed E-state index contributed by atoms with van der Waals surface area (Å²) in [6.45, 7) is 1.60. The fraction of sp³-hybridized carbons (Fsp3) is 0.308. The molecule has 4 N–H and O–H groups in total. The summed E-state index contributed by atoms with van der Waals surface area (Å²) in [5, 5.41) is 13.0. The summed E-state index contributed by atoms with van der Waals surface area (Å²) in [6.07, 6.45) is 0.470. The van der Waals surface area contributed by atoms with Crippen LogP contribution in [0.25, 0.3) is 0 Å². The normalized spacial score (nSPS) is 15.2. The zero-order valence-electron chi connectivity index (χ0n) is 20.2. The van der Waals surface area contributed by atoms with Crippen LogP contribution >= 0.6 is 11.3 Å². The highest BCUT2D eigenvalue weighted by Crippen LogP contribution is 2.37. The third-order valence-corrected chi connectivity index (χ3v) is 7.16. The van der Waals surface area contributed by atoms with Gasteiger partial charge in [0.25, 0.3) is 5.91 Å². The smallest absolute Gasteiger partial charge is 0.338 e. The minimum absolute atomic E-state index is 0.0888. The Hall–Kier alpha value is -3.60. The molecule has 0 saturated carbocycles. The lowest BCUT2D eigenvalue weighted by Gasteiger charge is -2.36. The highest BCUT2D eigenvalue weighted by Gasteiger charge is 2.33. The number of hydrogen-bond donors (Lipinski definition) is 3. The Morgan fingerprint density at radius 3 is 2.64 bits per heavy atom. The number of carboxylic acid groups (broad SMARTS) is 1. The molecule has 1 amide bonds. The number of benzene rings is 2. The summed E-state index contributed by atoms with van der Waals surface area (Å²) in [5.74, 6) is 0.0470. The number of methoxy groups -OCH3 is 2. The van der Waals surface area contributed by atoms with E-state index in [0.717, 1.165) is 21.8 Å². The number of nitrogens with one attached hydrogen (secondary N) is 1. The van der Waals surface area contributed by atoms with Crippen LogP contribution in [0.2, 0.25) is 0 Å². The summed E-state index contributed by atoms with van der Waals surface area (Å²) in [4.78, 5) is 28.0. The number of ether oxygens (including phenoxy) is 3. The average molecular weight is 512 g/mol. The average Bonchev–Trinajstić information content (AvgIpc) is 3.21. The van der Waals surface area contributed by atoms with Gasteiger partial charge in [-0.2, -0.15) is 0 Å². The SMILES string of the molecule is COCOc1cccc(C(=O)NCC2Cc3c(sc(N)c3C(=O)O)CN2Cc2ccc(OC)cc2)c1. The predicted octanol–water partition coefficient (Wildman–Crippen LogP) is 3.38. The quantitative estimate of drug-likeness (QED) is 0.354. The highest BCUT2D eigenvalue weighted by molar-refractivity contribution is 7.16. The summed E-state index contributed by atoms with van der Waals surface area (Å²) >= 11 is 1.32. The Kier molecular flexibility index (Phi) is 8.09. The number of hydrogen-bond acceptors (Lipinski definition) is 8. The van der Waals surface area contributed by atoms with Gasteiger partial charge in [0.2, 0.25) is 0 Å². The first-order chi connectivity index (χ1) is 17.4. The molecule has 1 aliphatic rings. The van der Waals surface area contributed by atoms with Crippen LogP contribution in [0.3, 0.4) is 0 Å². The van der Waals surface area contributed by atoms with E-state index >= 15 is 0 Å². The van der Waals surface area contributed by atoms with Crippen molar-refractivity contribution in [3.8, 4) is 11.5 Å². The van der Waals surface area contributed by atoms with Crippen LogP contribution in [-0.2, 0) is 24.2 Å². The molecule has 10 heteroatoms. The summed E-state index contributed by atoms with van der Waals surface area (Å²) in [7, 11) is 3.15. The maximum atomic E-state index is 12.9. The molecule has 1 aromatic heterocycles. The Balaban J connectivity index is 1.53. The van der Waals surface area contributed by atoms with Gasteiger partial charge in [0, 0.05) is 43.2 Å². The lowest BCUT2D eigenvalue weighted by Crippen LogP contribution is -2.47. The number of aromatic carboxylic acids is 1. The molecule has 4 rings (SSSR count). The predicted molar refractivity (Wildman–Crippen MR) is 137 cm³/mol. The first kappa shape index (κ1) is 25.5. The van der Waals surface area contributed by atoms with Crippen molar-refractivity contribution < 1.29 is 28.9 Å². The van der Waals surface area contributed by atoms with Crippen LogP contribution in [0.5, 0.6) is 11.5 Å². The minimum atomic E-state index is -1.02. The first-order valence-corrected chi connectivity index (χ1v) is 12.2. The molecule has 0 aliphatic carbocycles. The van der Waals surface area contributed by atoms with Crippen molar-refractivity contribution in [3.05, 3.63) is 75.7 Å². The Bertz CT molecular complexity index is 1230. The zero-order chi connectivity index (χ0) is 25.7. The number of nitrogens with zero attached hydrogens (tertiary/aromatic N) is 1. The maximum Gasteiger partial charge on any atom is 0.338 e. The van der Waals surface area contributed by atoms with Crippen molar-refractivity contribution in [2.45, 2.75) is 25.6 Å². The molecule has 36 heavy (non-hydrogen) atoms. The number of thiophene rings is 1. The number of rotatable bonds is 10. The number of amides is 1. The van der Waals surface area contributed by atoms with Crippen LogP contribution in [0.4, 0.5) is 5.00 Å². The number of nitrogen functional groups attached to an aromatic ring is 1. The van der Waals surface area contributed by atoms with E-state index in [-0.39, 0.29) is 24.3 Å². The molecular formula is C26H29N3O6S. The van der Waals surface area contributed by atoms with Crippen molar-refractivity contribution in [2.24, 2.45) is 0 Å². The van der Waals surface area contributed by atoms with Gasteiger partial charge in [0.15, 0.2) is 6.79 Å². The van der Waals surface area contributed by atoms with Crippen molar-refractivity contribution in [1.82, 2.24) is 10.2 Å². The number of anilines is 1. The third kappa shape index (κ3) is 5.78. The van der Waals surface area contributed by atoms with Crippen LogP contribution < -0.4 is 20.5 Å². The lowest BCUT2D eigenvalue weighted by molar-refractivity contribution is 0.0510. The summed E-state index contributed by atoms with van der Waals surface area (Å²) in [6, 6.07) is 14.6. The van der Waals surface area contributed by atoms with Crippen LogP contribution in [0, 0.1) is 0 Å². The molecule has 0 bridgehead atoms. The van der Waals surface area contributed by atoms with Gasteiger partial charge in [0.1, 0.15) is 16.5 Å². The van der Waals surface area contributed by atoms with Gasteiger partial charge < -0.3 is 30.4 Å². The number of carbonyl (C=O) groups is 2. The standard InChI is InChI=1S/C26H29N3O6S/c1-33-15-35-20-5-3-4-17(10-20)25(30)28-12-18-11-21-22(36-24(27)23(21)26(31)32)14-29(18)13-16-6-8-19(34-2)9-7-16/h3-10,18H,11-15,27H2,1-2H3,(H,28,30)(H,31,32). The monoisotopic (exact) mass is 511 g/mol. The molecule has 9 nitrogen and oxygen atoms in total. The number of fused-ring (bicyclic) bond motifs is 1.